The van der Waals surface area contributed by atoms with Gasteiger partial charge in [0.15, 0.2) is 0 Å². The van der Waals surface area contributed by atoms with Crippen molar-refractivity contribution >= 4 is 17.4 Å². The maximum atomic E-state index is 13.2. The number of aliphatic hydroxyl groups is 1. The Hall–Kier alpha value is -4.00. The maximum absolute atomic E-state index is 13.2. The lowest BCUT2D eigenvalue weighted by atomic mass is 9.94. The van der Waals surface area contributed by atoms with Gasteiger partial charge in [0.25, 0.3) is 11.7 Å². The number of amides is 1. The number of rotatable bonds is 8. The van der Waals surface area contributed by atoms with Crippen molar-refractivity contribution in [2.24, 2.45) is 5.92 Å². The number of ketones is 1. The molecule has 1 N–H and O–H groups in total. The number of nitrogens with zero attached hydrogens (tertiary/aromatic N) is 1. The summed E-state index contributed by atoms with van der Waals surface area (Å²) in [6, 6.07) is 15.0. The predicted octanol–water partition coefficient (Wildman–Crippen LogP) is 5.25. The second-order valence-corrected chi connectivity index (χ2v) is 8.96. The smallest absolute Gasteiger partial charge is 0.296 e. The number of carbonyl (C=O) groups is 2. The summed E-state index contributed by atoms with van der Waals surface area (Å²) in [4.78, 5) is 27.7. The fourth-order valence-corrected chi connectivity index (χ4v) is 4.12. The summed E-state index contributed by atoms with van der Waals surface area (Å²) in [5.41, 5.74) is 1.96. The van der Waals surface area contributed by atoms with Crippen LogP contribution in [-0.2, 0) is 16.1 Å². The van der Waals surface area contributed by atoms with Gasteiger partial charge in [0.05, 0.1) is 38.1 Å². The molecule has 2 aromatic carbocycles. The molecule has 0 saturated carbocycles. The molecule has 7 nitrogen and oxygen atoms in total. The molecule has 1 unspecified atom stereocenters. The fraction of sp³-hybridized carbons (Fsp3) is 0.286. The van der Waals surface area contributed by atoms with E-state index in [1.807, 2.05) is 6.92 Å². The number of benzene rings is 2. The lowest BCUT2D eigenvalue weighted by Gasteiger charge is -2.24. The summed E-state index contributed by atoms with van der Waals surface area (Å²) in [5.74, 6) is 0.587. The van der Waals surface area contributed by atoms with Crippen LogP contribution in [0.2, 0.25) is 0 Å². The number of hydrogen-bond donors (Lipinski definition) is 1. The van der Waals surface area contributed by atoms with Crippen LogP contribution in [0.5, 0.6) is 11.5 Å². The predicted molar refractivity (Wildman–Crippen MR) is 131 cm³/mol. The number of likely N-dealkylation sites (tertiary alicyclic amines) is 1. The van der Waals surface area contributed by atoms with Crippen molar-refractivity contribution in [3.8, 4) is 11.5 Å². The highest BCUT2D eigenvalue weighted by atomic mass is 16.5. The number of ether oxygens (including phenoxy) is 2. The number of carbonyl (C=O) groups excluding carboxylic acids is 2. The minimum absolute atomic E-state index is 0.0296. The SMILES string of the molecule is COc1ccc(C2/C(=C(/O)c3ccc(OCC(C)C)c(C)c3)C(=O)C(=O)N2Cc2ccco2)cc1. The summed E-state index contributed by atoms with van der Waals surface area (Å²) >= 11 is 0. The standard InChI is InChI=1S/C28H29NO6/c1-17(2)16-35-23-12-9-20(14-18(23)3)26(30)24-25(19-7-10-21(33-4)11-8-19)29(28(32)27(24)31)15-22-6-5-13-34-22/h5-14,17,25,30H,15-16H2,1-4H3/b26-24-. The van der Waals surface area contributed by atoms with Crippen molar-refractivity contribution in [1.29, 1.82) is 0 Å². The second-order valence-electron chi connectivity index (χ2n) is 8.96. The van der Waals surface area contributed by atoms with Crippen LogP contribution in [0.3, 0.4) is 0 Å². The first-order valence-corrected chi connectivity index (χ1v) is 11.5. The van der Waals surface area contributed by atoms with E-state index in [0.29, 0.717) is 40.9 Å². The summed E-state index contributed by atoms with van der Waals surface area (Å²) in [7, 11) is 1.56. The molecule has 1 aliphatic heterocycles. The average molecular weight is 476 g/mol. The third kappa shape index (κ3) is 4.94. The van der Waals surface area contributed by atoms with E-state index >= 15 is 0 Å². The van der Waals surface area contributed by atoms with Gasteiger partial charge >= 0.3 is 0 Å². The molecule has 1 aliphatic rings. The summed E-state index contributed by atoms with van der Waals surface area (Å²) < 4.78 is 16.5. The summed E-state index contributed by atoms with van der Waals surface area (Å²) in [6.45, 7) is 6.67. The first-order chi connectivity index (χ1) is 16.8. The molecule has 35 heavy (non-hydrogen) atoms. The first-order valence-electron chi connectivity index (χ1n) is 11.5. The van der Waals surface area contributed by atoms with Crippen molar-refractivity contribution in [2.45, 2.75) is 33.4 Å². The van der Waals surface area contributed by atoms with Crippen LogP contribution in [0.25, 0.3) is 5.76 Å². The maximum Gasteiger partial charge on any atom is 0.296 e. The van der Waals surface area contributed by atoms with Crippen LogP contribution < -0.4 is 9.47 Å². The molecule has 1 atom stereocenters. The number of Topliss-reactive ketones (excluding diaryl/α,β-unsaturated/α-hetero) is 1. The molecule has 4 rings (SSSR count). The Labute approximate surface area is 204 Å². The molecule has 1 amide bonds. The van der Waals surface area contributed by atoms with Gasteiger partial charge in [-0.2, -0.15) is 0 Å². The third-order valence-electron chi connectivity index (χ3n) is 5.90. The minimum atomic E-state index is -0.789. The Morgan fingerprint density at radius 3 is 2.46 bits per heavy atom. The number of aliphatic hydroxyl groups excluding tert-OH is 1. The van der Waals surface area contributed by atoms with E-state index in [0.717, 1.165) is 5.56 Å². The van der Waals surface area contributed by atoms with Crippen molar-refractivity contribution in [3.63, 3.8) is 0 Å². The van der Waals surface area contributed by atoms with Gasteiger partial charge in [0.1, 0.15) is 23.0 Å². The van der Waals surface area contributed by atoms with Crippen LogP contribution in [0.1, 0.15) is 42.3 Å². The van der Waals surface area contributed by atoms with Crippen molar-refractivity contribution < 1.29 is 28.6 Å². The number of aryl methyl sites for hydroxylation is 1. The Morgan fingerprint density at radius 1 is 1.11 bits per heavy atom. The topological polar surface area (TPSA) is 89.2 Å². The molecule has 0 spiro atoms. The van der Waals surface area contributed by atoms with Crippen molar-refractivity contribution in [1.82, 2.24) is 4.90 Å². The van der Waals surface area contributed by atoms with E-state index in [1.54, 1.807) is 61.7 Å². The highest BCUT2D eigenvalue weighted by molar-refractivity contribution is 6.46. The van der Waals surface area contributed by atoms with Gasteiger partial charge in [-0.25, -0.2) is 0 Å². The molecule has 1 fully saturated rings. The van der Waals surface area contributed by atoms with Crippen LogP contribution in [-0.4, -0.2) is 35.4 Å². The normalized spacial score (nSPS) is 17.3. The highest BCUT2D eigenvalue weighted by Gasteiger charge is 2.46. The van der Waals surface area contributed by atoms with Crippen LogP contribution >= 0.6 is 0 Å². The monoisotopic (exact) mass is 475 g/mol. The zero-order chi connectivity index (χ0) is 25.1. The van der Waals surface area contributed by atoms with Crippen molar-refractivity contribution in [2.75, 3.05) is 13.7 Å². The molecular formula is C28H29NO6. The van der Waals surface area contributed by atoms with E-state index in [2.05, 4.69) is 13.8 Å². The largest absolute Gasteiger partial charge is 0.507 e. The van der Waals surface area contributed by atoms with Gasteiger partial charge < -0.3 is 23.9 Å². The Bertz CT molecular complexity index is 1240. The molecule has 0 radical (unpaired) electrons. The lowest BCUT2D eigenvalue weighted by Crippen LogP contribution is -2.29. The second kappa shape index (κ2) is 10.1. The molecular weight excluding hydrogens is 446 g/mol. The van der Waals surface area contributed by atoms with Gasteiger partial charge in [-0.3, -0.25) is 9.59 Å². The molecule has 1 aromatic heterocycles. The minimum Gasteiger partial charge on any atom is -0.507 e. The third-order valence-corrected chi connectivity index (χ3v) is 5.90. The van der Waals surface area contributed by atoms with Gasteiger partial charge in [0.2, 0.25) is 0 Å². The first kappa shape index (κ1) is 24.1. The molecule has 2 heterocycles. The quantitative estimate of drug-likeness (QED) is 0.272. The number of furan rings is 1. The van der Waals surface area contributed by atoms with Gasteiger partial charge in [-0.1, -0.05) is 26.0 Å². The zero-order valence-corrected chi connectivity index (χ0v) is 20.3. The number of hydrogen-bond acceptors (Lipinski definition) is 6. The molecule has 182 valence electrons. The molecule has 3 aromatic rings. The zero-order valence-electron chi connectivity index (χ0n) is 20.3. The van der Waals surface area contributed by atoms with E-state index in [-0.39, 0.29) is 17.9 Å². The molecule has 1 saturated heterocycles. The van der Waals surface area contributed by atoms with Gasteiger partial charge in [0, 0.05) is 5.56 Å². The Kier molecular flexibility index (Phi) is 6.96. The number of methoxy groups -OCH3 is 1. The van der Waals surface area contributed by atoms with E-state index in [1.165, 1.54) is 11.2 Å². The fourth-order valence-electron chi connectivity index (χ4n) is 4.12. The van der Waals surface area contributed by atoms with Gasteiger partial charge in [-0.15, -0.1) is 0 Å². The van der Waals surface area contributed by atoms with Gasteiger partial charge in [-0.05, 0) is 66.4 Å². The van der Waals surface area contributed by atoms with Crippen molar-refractivity contribution in [3.05, 3.63) is 88.9 Å². The highest BCUT2D eigenvalue weighted by Crippen LogP contribution is 2.41. The average Bonchev–Trinajstić information content (AvgIpc) is 3.45. The van der Waals surface area contributed by atoms with Crippen LogP contribution in [0.4, 0.5) is 0 Å². The van der Waals surface area contributed by atoms with Crippen LogP contribution in [0, 0.1) is 12.8 Å². The van der Waals surface area contributed by atoms with E-state index in [9.17, 15) is 14.7 Å². The van der Waals surface area contributed by atoms with Crippen LogP contribution in [0.15, 0.2) is 70.9 Å². The summed E-state index contributed by atoms with van der Waals surface area (Å²) in [5, 5.41) is 11.3. The Balaban J connectivity index is 1.78. The van der Waals surface area contributed by atoms with E-state index < -0.39 is 17.7 Å². The molecule has 7 heteroatoms. The molecule has 0 bridgehead atoms. The molecule has 0 aliphatic carbocycles. The Morgan fingerprint density at radius 2 is 1.86 bits per heavy atom. The lowest BCUT2D eigenvalue weighted by molar-refractivity contribution is -0.140. The summed E-state index contributed by atoms with van der Waals surface area (Å²) in [6.07, 6.45) is 1.51. The van der Waals surface area contributed by atoms with E-state index in [4.69, 9.17) is 13.9 Å².